The number of pyridine rings is 1. The molecule has 3 nitrogen and oxygen atoms in total. The number of aryl methyl sites for hydroxylation is 1. The lowest BCUT2D eigenvalue weighted by Gasteiger charge is -2.18. The highest BCUT2D eigenvalue weighted by Gasteiger charge is 2.26. The molecule has 2 aromatic rings. The Morgan fingerprint density at radius 3 is 2.89 bits per heavy atom. The van der Waals surface area contributed by atoms with Gasteiger partial charge in [0.1, 0.15) is 6.10 Å². The van der Waals surface area contributed by atoms with E-state index < -0.39 is 0 Å². The maximum atomic E-state index is 6.04. The second-order valence-electron chi connectivity index (χ2n) is 5.05. The smallest absolute Gasteiger partial charge is 0.217 e. The van der Waals surface area contributed by atoms with Crippen molar-refractivity contribution in [3.63, 3.8) is 0 Å². The molecule has 0 bridgehead atoms. The van der Waals surface area contributed by atoms with Gasteiger partial charge in [-0.25, -0.2) is 4.98 Å². The van der Waals surface area contributed by atoms with Crippen LogP contribution in [0.1, 0.15) is 24.8 Å². The SMILES string of the molecule is Cc1cc2ccccc2nc1OC1CCCC1N. The van der Waals surface area contributed by atoms with Gasteiger partial charge >= 0.3 is 0 Å². The zero-order valence-corrected chi connectivity index (χ0v) is 10.6. The van der Waals surface area contributed by atoms with Crippen molar-refractivity contribution >= 4 is 10.9 Å². The van der Waals surface area contributed by atoms with Gasteiger partial charge in [0.05, 0.1) is 5.52 Å². The fraction of sp³-hybridized carbons (Fsp3) is 0.400. The van der Waals surface area contributed by atoms with Crippen LogP contribution in [-0.2, 0) is 0 Å². The Bertz CT molecular complexity index is 567. The molecule has 1 heterocycles. The van der Waals surface area contributed by atoms with Gasteiger partial charge in [-0.3, -0.25) is 0 Å². The summed E-state index contributed by atoms with van der Waals surface area (Å²) in [6.07, 6.45) is 3.36. The van der Waals surface area contributed by atoms with Crippen LogP contribution in [-0.4, -0.2) is 17.1 Å². The third-order valence-electron chi connectivity index (χ3n) is 3.63. The number of aromatic nitrogens is 1. The first-order valence-corrected chi connectivity index (χ1v) is 6.52. The molecule has 1 aromatic heterocycles. The Kier molecular flexibility index (Phi) is 2.92. The maximum Gasteiger partial charge on any atom is 0.217 e. The van der Waals surface area contributed by atoms with E-state index in [9.17, 15) is 0 Å². The average Bonchev–Trinajstić information content (AvgIpc) is 2.76. The van der Waals surface area contributed by atoms with Crippen molar-refractivity contribution in [3.05, 3.63) is 35.9 Å². The van der Waals surface area contributed by atoms with Gasteiger partial charge in [0.25, 0.3) is 0 Å². The van der Waals surface area contributed by atoms with Gasteiger partial charge in [0, 0.05) is 17.0 Å². The highest BCUT2D eigenvalue weighted by Crippen LogP contribution is 2.26. The molecule has 3 rings (SSSR count). The van der Waals surface area contributed by atoms with Crippen molar-refractivity contribution in [1.82, 2.24) is 4.98 Å². The molecular formula is C15H18N2O. The highest BCUT2D eigenvalue weighted by atomic mass is 16.5. The monoisotopic (exact) mass is 242 g/mol. The van der Waals surface area contributed by atoms with Crippen LogP contribution in [0.4, 0.5) is 0 Å². The molecule has 0 amide bonds. The van der Waals surface area contributed by atoms with Crippen molar-refractivity contribution in [2.45, 2.75) is 38.3 Å². The first-order chi connectivity index (χ1) is 8.74. The lowest BCUT2D eigenvalue weighted by Crippen LogP contribution is -2.34. The second kappa shape index (κ2) is 4.58. The van der Waals surface area contributed by atoms with E-state index in [0.29, 0.717) is 0 Å². The number of hydrogen-bond acceptors (Lipinski definition) is 3. The standard InChI is InChI=1S/C15H18N2O/c1-10-9-11-5-2-3-7-13(11)17-15(10)18-14-8-4-6-12(14)16/h2-3,5,7,9,12,14H,4,6,8,16H2,1H3. The molecule has 3 heteroatoms. The number of nitrogens with zero attached hydrogens (tertiary/aromatic N) is 1. The number of benzene rings is 1. The zero-order valence-electron chi connectivity index (χ0n) is 10.6. The minimum atomic E-state index is 0.123. The summed E-state index contributed by atoms with van der Waals surface area (Å²) < 4.78 is 5.99. The molecule has 1 saturated carbocycles. The second-order valence-corrected chi connectivity index (χ2v) is 5.05. The summed E-state index contributed by atoms with van der Waals surface area (Å²) in [7, 11) is 0. The number of rotatable bonds is 2. The molecule has 0 radical (unpaired) electrons. The Morgan fingerprint density at radius 1 is 1.28 bits per heavy atom. The van der Waals surface area contributed by atoms with Crippen molar-refractivity contribution in [2.24, 2.45) is 5.73 Å². The summed E-state index contributed by atoms with van der Waals surface area (Å²) in [5.74, 6) is 0.732. The van der Waals surface area contributed by atoms with E-state index >= 15 is 0 Å². The Morgan fingerprint density at radius 2 is 2.11 bits per heavy atom. The number of fused-ring (bicyclic) bond motifs is 1. The van der Waals surface area contributed by atoms with Gasteiger partial charge in [-0.15, -0.1) is 0 Å². The van der Waals surface area contributed by atoms with Crippen LogP contribution in [0.15, 0.2) is 30.3 Å². The molecular weight excluding hydrogens is 224 g/mol. The molecule has 0 saturated heterocycles. The van der Waals surface area contributed by atoms with E-state index in [-0.39, 0.29) is 12.1 Å². The highest BCUT2D eigenvalue weighted by molar-refractivity contribution is 5.79. The molecule has 0 aliphatic heterocycles. The Hall–Kier alpha value is -1.61. The average molecular weight is 242 g/mol. The quantitative estimate of drug-likeness (QED) is 0.881. The number of ether oxygens (including phenoxy) is 1. The molecule has 1 aliphatic rings. The van der Waals surface area contributed by atoms with Gasteiger partial charge in [0.15, 0.2) is 0 Å². The van der Waals surface area contributed by atoms with Crippen molar-refractivity contribution in [3.8, 4) is 5.88 Å². The molecule has 0 spiro atoms. The van der Waals surface area contributed by atoms with Crippen LogP contribution in [0.5, 0.6) is 5.88 Å². The van der Waals surface area contributed by atoms with Crippen molar-refractivity contribution in [2.75, 3.05) is 0 Å². The van der Waals surface area contributed by atoms with Gasteiger partial charge in [-0.2, -0.15) is 0 Å². The minimum Gasteiger partial charge on any atom is -0.472 e. The van der Waals surface area contributed by atoms with Gasteiger partial charge in [-0.1, -0.05) is 18.2 Å². The van der Waals surface area contributed by atoms with Crippen LogP contribution in [0.25, 0.3) is 10.9 Å². The molecule has 18 heavy (non-hydrogen) atoms. The summed E-state index contributed by atoms with van der Waals surface area (Å²) in [4.78, 5) is 4.59. The van der Waals surface area contributed by atoms with E-state index in [1.807, 2.05) is 25.1 Å². The molecule has 1 fully saturated rings. The van der Waals surface area contributed by atoms with Crippen LogP contribution in [0.3, 0.4) is 0 Å². The largest absolute Gasteiger partial charge is 0.472 e. The van der Waals surface area contributed by atoms with Crippen LogP contribution >= 0.6 is 0 Å². The van der Waals surface area contributed by atoms with E-state index in [1.54, 1.807) is 0 Å². The predicted molar refractivity (Wildman–Crippen MR) is 72.7 cm³/mol. The Balaban J connectivity index is 1.93. The first kappa shape index (κ1) is 11.5. The number of para-hydroxylation sites is 1. The van der Waals surface area contributed by atoms with Crippen molar-refractivity contribution in [1.29, 1.82) is 0 Å². The fourth-order valence-corrected chi connectivity index (χ4v) is 2.57. The first-order valence-electron chi connectivity index (χ1n) is 6.52. The van der Waals surface area contributed by atoms with E-state index in [4.69, 9.17) is 10.5 Å². The van der Waals surface area contributed by atoms with Gasteiger partial charge in [0.2, 0.25) is 5.88 Å². The molecule has 2 unspecified atom stereocenters. The summed E-state index contributed by atoms with van der Waals surface area (Å²) in [5, 5.41) is 1.15. The molecule has 94 valence electrons. The van der Waals surface area contributed by atoms with E-state index in [0.717, 1.165) is 41.6 Å². The lowest BCUT2D eigenvalue weighted by atomic mass is 10.1. The summed E-state index contributed by atoms with van der Waals surface area (Å²) in [5.41, 5.74) is 8.09. The topological polar surface area (TPSA) is 48.1 Å². The van der Waals surface area contributed by atoms with Crippen LogP contribution < -0.4 is 10.5 Å². The molecule has 1 aromatic carbocycles. The van der Waals surface area contributed by atoms with E-state index in [1.165, 1.54) is 0 Å². The minimum absolute atomic E-state index is 0.123. The predicted octanol–water partition coefficient (Wildman–Crippen LogP) is 2.80. The normalized spacial score (nSPS) is 23.4. The third kappa shape index (κ3) is 2.06. The van der Waals surface area contributed by atoms with Gasteiger partial charge < -0.3 is 10.5 Å². The Labute approximate surface area is 107 Å². The lowest BCUT2D eigenvalue weighted by molar-refractivity contribution is 0.183. The molecule has 2 atom stereocenters. The molecule has 2 N–H and O–H groups in total. The van der Waals surface area contributed by atoms with Crippen LogP contribution in [0, 0.1) is 6.92 Å². The summed E-state index contributed by atoms with van der Waals surface area (Å²) in [6.45, 7) is 2.04. The number of nitrogens with two attached hydrogens (primary N) is 1. The van der Waals surface area contributed by atoms with Crippen LogP contribution in [0.2, 0.25) is 0 Å². The fourth-order valence-electron chi connectivity index (χ4n) is 2.57. The number of hydrogen-bond donors (Lipinski definition) is 1. The van der Waals surface area contributed by atoms with E-state index in [2.05, 4.69) is 17.1 Å². The van der Waals surface area contributed by atoms with Crippen molar-refractivity contribution < 1.29 is 4.74 Å². The molecule has 1 aliphatic carbocycles. The maximum absolute atomic E-state index is 6.04. The summed E-state index contributed by atoms with van der Waals surface area (Å²) >= 11 is 0. The summed E-state index contributed by atoms with van der Waals surface area (Å²) in [6, 6.07) is 10.4. The van der Waals surface area contributed by atoms with Gasteiger partial charge in [-0.05, 0) is 38.3 Å². The zero-order chi connectivity index (χ0) is 12.5. The third-order valence-corrected chi connectivity index (χ3v) is 3.63.